The Bertz CT molecular complexity index is 508. The van der Waals surface area contributed by atoms with Gasteiger partial charge in [0.05, 0.1) is 28.5 Å². The van der Waals surface area contributed by atoms with Crippen LogP contribution in [0.15, 0.2) is 40.1 Å². The van der Waals surface area contributed by atoms with E-state index in [0.29, 0.717) is 5.70 Å². The Hall–Kier alpha value is -2.17. The van der Waals surface area contributed by atoms with Crippen molar-refractivity contribution in [2.24, 2.45) is 10.9 Å². The molecule has 2 rings (SSSR count). The number of carboxylic acid groups (broad SMARTS) is 2. The number of fused-ring (bicyclic) bond motifs is 1. The molecule has 0 bridgehead atoms. The summed E-state index contributed by atoms with van der Waals surface area (Å²) in [6.07, 6.45) is 5.01. The maximum absolute atomic E-state index is 11.1. The van der Waals surface area contributed by atoms with Crippen molar-refractivity contribution < 1.29 is 19.8 Å². The number of aliphatic carboxylic acids is 2. The third-order valence-electron chi connectivity index (χ3n) is 2.57. The summed E-state index contributed by atoms with van der Waals surface area (Å²) in [5.41, 5.74) is 0.497. The number of aliphatic imine (C=N–C) groups is 1. The zero-order valence-electron chi connectivity index (χ0n) is 8.47. The molecule has 1 unspecified atom stereocenters. The quantitative estimate of drug-likeness (QED) is 0.725. The van der Waals surface area contributed by atoms with Crippen LogP contribution in [0, 0.1) is 5.92 Å². The Morgan fingerprint density at radius 2 is 2.00 bits per heavy atom. The molecule has 0 fully saturated rings. The van der Waals surface area contributed by atoms with E-state index in [1.165, 1.54) is 6.92 Å². The summed E-state index contributed by atoms with van der Waals surface area (Å²) in [7, 11) is 0. The number of carbonyl (C=O) groups is 2. The minimum Gasteiger partial charge on any atom is -0.478 e. The fourth-order valence-electron chi connectivity index (χ4n) is 1.93. The lowest BCUT2D eigenvalue weighted by molar-refractivity contribution is -0.135. The SMILES string of the molecule is CC1=NC2=CC=CC2C(C(=O)O)=C1C(=O)O. The molecule has 0 aromatic carbocycles. The number of hydrogen-bond donors (Lipinski definition) is 2. The number of hydrogen-bond acceptors (Lipinski definition) is 3. The molecule has 2 aliphatic rings. The average molecular weight is 219 g/mol. The maximum Gasteiger partial charge on any atom is 0.338 e. The largest absolute Gasteiger partial charge is 0.478 e. The van der Waals surface area contributed by atoms with E-state index in [1.54, 1.807) is 18.2 Å². The monoisotopic (exact) mass is 219 g/mol. The molecule has 0 aromatic rings. The average Bonchev–Trinajstić information content (AvgIpc) is 2.61. The van der Waals surface area contributed by atoms with Gasteiger partial charge >= 0.3 is 11.9 Å². The van der Waals surface area contributed by atoms with Crippen molar-refractivity contribution in [3.8, 4) is 0 Å². The Balaban J connectivity index is 2.66. The third kappa shape index (κ3) is 1.37. The summed E-state index contributed by atoms with van der Waals surface area (Å²) >= 11 is 0. The summed E-state index contributed by atoms with van der Waals surface area (Å²) in [4.78, 5) is 26.2. The third-order valence-corrected chi connectivity index (χ3v) is 2.57. The first-order valence-electron chi connectivity index (χ1n) is 4.67. The van der Waals surface area contributed by atoms with Crippen molar-refractivity contribution in [1.82, 2.24) is 0 Å². The van der Waals surface area contributed by atoms with Gasteiger partial charge in [0.25, 0.3) is 0 Å². The smallest absolute Gasteiger partial charge is 0.338 e. The standard InChI is InChI=1S/C11H9NO4/c1-5-8(10(13)14)9(11(15)16)6-3-2-4-7(6)12-5/h2-4,6H,1H3,(H,13,14)(H,15,16). The first kappa shape index (κ1) is 10.4. The molecule has 5 heteroatoms. The van der Waals surface area contributed by atoms with Gasteiger partial charge < -0.3 is 10.2 Å². The molecule has 16 heavy (non-hydrogen) atoms. The number of nitrogens with zero attached hydrogens (tertiary/aromatic N) is 1. The molecule has 0 radical (unpaired) electrons. The van der Waals surface area contributed by atoms with Crippen molar-refractivity contribution in [2.75, 3.05) is 0 Å². The van der Waals surface area contributed by atoms with Crippen molar-refractivity contribution in [1.29, 1.82) is 0 Å². The molecule has 0 aromatic heterocycles. The molecule has 1 aliphatic carbocycles. The van der Waals surface area contributed by atoms with Gasteiger partial charge in [-0.2, -0.15) is 0 Å². The maximum atomic E-state index is 11.1. The molecular formula is C11H9NO4. The molecule has 0 amide bonds. The van der Waals surface area contributed by atoms with Crippen LogP contribution < -0.4 is 0 Å². The van der Waals surface area contributed by atoms with E-state index in [9.17, 15) is 9.59 Å². The molecule has 0 saturated carbocycles. The van der Waals surface area contributed by atoms with E-state index in [2.05, 4.69) is 4.99 Å². The minimum atomic E-state index is -1.25. The van der Waals surface area contributed by atoms with Gasteiger partial charge in [-0.3, -0.25) is 4.99 Å². The lowest BCUT2D eigenvalue weighted by atomic mass is 9.88. The molecule has 1 atom stereocenters. The van der Waals surface area contributed by atoms with Gasteiger partial charge in [0.2, 0.25) is 0 Å². The van der Waals surface area contributed by atoms with Gasteiger partial charge in [0.15, 0.2) is 0 Å². The molecule has 82 valence electrons. The van der Waals surface area contributed by atoms with Gasteiger partial charge in [-0.1, -0.05) is 12.2 Å². The van der Waals surface area contributed by atoms with Gasteiger partial charge in [-0.25, -0.2) is 9.59 Å². The van der Waals surface area contributed by atoms with Gasteiger partial charge in [0, 0.05) is 0 Å². The highest BCUT2D eigenvalue weighted by atomic mass is 16.4. The number of carboxylic acids is 2. The van der Waals surface area contributed by atoms with Gasteiger partial charge in [-0.15, -0.1) is 0 Å². The van der Waals surface area contributed by atoms with Crippen LogP contribution in [0.25, 0.3) is 0 Å². The molecule has 0 spiro atoms. The van der Waals surface area contributed by atoms with Crippen molar-refractivity contribution >= 4 is 17.7 Å². The summed E-state index contributed by atoms with van der Waals surface area (Å²) in [6, 6.07) is 0. The minimum absolute atomic E-state index is 0.111. The Morgan fingerprint density at radius 1 is 1.31 bits per heavy atom. The van der Waals surface area contributed by atoms with Crippen LogP contribution in [0.4, 0.5) is 0 Å². The molecule has 1 heterocycles. The van der Waals surface area contributed by atoms with E-state index in [-0.39, 0.29) is 16.9 Å². The molecule has 2 N–H and O–H groups in total. The Kier molecular flexibility index (Phi) is 2.23. The van der Waals surface area contributed by atoms with Crippen LogP contribution in [-0.2, 0) is 9.59 Å². The van der Waals surface area contributed by atoms with E-state index >= 15 is 0 Å². The highest BCUT2D eigenvalue weighted by molar-refractivity contribution is 6.23. The predicted octanol–water partition coefficient (Wildman–Crippen LogP) is 0.997. The van der Waals surface area contributed by atoms with Crippen molar-refractivity contribution in [3.05, 3.63) is 35.1 Å². The second-order valence-electron chi connectivity index (χ2n) is 3.55. The van der Waals surface area contributed by atoms with Crippen LogP contribution in [0.1, 0.15) is 6.92 Å². The van der Waals surface area contributed by atoms with Gasteiger partial charge in [-0.05, 0) is 13.0 Å². The summed E-state index contributed by atoms with van der Waals surface area (Å²) in [6.45, 7) is 1.50. The first-order valence-corrected chi connectivity index (χ1v) is 4.67. The van der Waals surface area contributed by atoms with Crippen LogP contribution in [0.5, 0.6) is 0 Å². The van der Waals surface area contributed by atoms with Crippen LogP contribution >= 0.6 is 0 Å². The van der Waals surface area contributed by atoms with Gasteiger partial charge in [0.1, 0.15) is 0 Å². The number of rotatable bonds is 2. The van der Waals surface area contributed by atoms with E-state index in [4.69, 9.17) is 10.2 Å². The topological polar surface area (TPSA) is 87.0 Å². The highest BCUT2D eigenvalue weighted by Gasteiger charge is 2.34. The summed E-state index contributed by atoms with van der Waals surface area (Å²) in [5.74, 6) is -3.00. The van der Waals surface area contributed by atoms with Crippen LogP contribution in [0.3, 0.4) is 0 Å². The Labute approximate surface area is 91.1 Å². The van der Waals surface area contributed by atoms with E-state index in [1.807, 2.05) is 0 Å². The lowest BCUT2D eigenvalue weighted by Gasteiger charge is -2.20. The van der Waals surface area contributed by atoms with Crippen LogP contribution in [0.2, 0.25) is 0 Å². The second-order valence-corrected chi connectivity index (χ2v) is 3.55. The summed E-state index contributed by atoms with van der Waals surface area (Å²) in [5, 5.41) is 18.1. The van der Waals surface area contributed by atoms with Crippen molar-refractivity contribution in [3.63, 3.8) is 0 Å². The lowest BCUT2D eigenvalue weighted by Crippen LogP contribution is -2.25. The molecular weight excluding hydrogens is 210 g/mol. The predicted molar refractivity (Wildman–Crippen MR) is 56.1 cm³/mol. The van der Waals surface area contributed by atoms with E-state index in [0.717, 1.165) is 0 Å². The van der Waals surface area contributed by atoms with Crippen LogP contribution in [-0.4, -0.2) is 27.9 Å². The number of allylic oxidation sites excluding steroid dienone is 3. The zero-order valence-corrected chi connectivity index (χ0v) is 8.47. The Morgan fingerprint density at radius 3 is 2.56 bits per heavy atom. The highest BCUT2D eigenvalue weighted by Crippen LogP contribution is 2.34. The van der Waals surface area contributed by atoms with E-state index < -0.39 is 17.9 Å². The number of dihydropyridines is 1. The first-order chi connectivity index (χ1) is 7.52. The fourth-order valence-corrected chi connectivity index (χ4v) is 1.93. The fraction of sp³-hybridized carbons (Fsp3) is 0.182. The molecule has 0 saturated heterocycles. The normalized spacial score (nSPS) is 22.7. The zero-order chi connectivity index (χ0) is 11.9. The molecule has 5 nitrogen and oxygen atoms in total. The molecule has 1 aliphatic heterocycles. The second kappa shape index (κ2) is 3.44. The summed E-state index contributed by atoms with van der Waals surface area (Å²) < 4.78 is 0. The van der Waals surface area contributed by atoms with Crippen molar-refractivity contribution in [2.45, 2.75) is 6.92 Å².